The third kappa shape index (κ3) is 6.25. The van der Waals surface area contributed by atoms with Crippen LogP contribution < -0.4 is 14.2 Å². The first-order valence-electron chi connectivity index (χ1n) is 13.2. The van der Waals surface area contributed by atoms with Crippen LogP contribution in [0.4, 0.5) is 0 Å². The van der Waals surface area contributed by atoms with E-state index in [-0.39, 0.29) is 11.3 Å². The SMILES string of the molecule is CCCCCOc1ccc(C2C(=C(O)c3cccc(OC)c3)C(=O)C(=O)N2CCCn2ccnc2)cc1OC. The summed E-state index contributed by atoms with van der Waals surface area (Å²) in [6.07, 6.45) is 8.92. The van der Waals surface area contributed by atoms with Crippen LogP contribution in [-0.2, 0) is 16.1 Å². The van der Waals surface area contributed by atoms with Gasteiger partial charge in [0, 0.05) is 31.0 Å². The highest BCUT2D eigenvalue weighted by Crippen LogP contribution is 2.42. The number of unbranched alkanes of at least 4 members (excludes halogenated alkanes) is 2. The number of imidazole rings is 1. The quantitative estimate of drug-likeness (QED) is 0.143. The van der Waals surface area contributed by atoms with E-state index in [1.807, 2.05) is 16.8 Å². The van der Waals surface area contributed by atoms with Crippen molar-refractivity contribution in [3.63, 3.8) is 0 Å². The van der Waals surface area contributed by atoms with E-state index in [9.17, 15) is 14.7 Å². The van der Waals surface area contributed by atoms with Gasteiger partial charge in [-0.1, -0.05) is 38.0 Å². The molecule has 4 rings (SSSR count). The van der Waals surface area contributed by atoms with E-state index in [0.29, 0.717) is 54.5 Å². The van der Waals surface area contributed by atoms with Gasteiger partial charge in [0.05, 0.1) is 38.8 Å². The van der Waals surface area contributed by atoms with Gasteiger partial charge in [-0.3, -0.25) is 9.59 Å². The van der Waals surface area contributed by atoms with Crippen LogP contribution in [0.25, 0.3) is 5.76 Å². The maximum absolute atomic E-state index is 13.4. The lowest BCUT2D eigenvalue weighted by molar-refractivity contribution is -0.139. The molecule has 1 N–H and O–H groups in total. The molecule has 1 aliphatic heterocycles. The van der Waals surface area contributed by atoms with Gasteiger partial charge in [-0.05, 0) is 42.7 Å². The van der Waals surface area contributed by atoms with Crippen LogP contribution in [0.15, 0.2) is 66.8 Å². The number of aliphatic hydroxyl groups excluding tert-OH is 1. The van der Waals surface area contributed by atoms with Crippen molar-refractivity contribution < 1.29 is 28.9 Å². The molecule has 0 spiro atoms. The van der Waals surface area contributed by atoms with Gasteiger partial charge in [-0.25, -0.2) is 4.98 Å². The number of rotatable bonds is 13. The third-order valence-electron chi connectivity index (χ3n) is 6.77. The maximum Gasteiger partial charge on any atom is 0.295 e. The topological polar surface area (TPSA) is 103 Å². The van der Waals surface area contributed by atoms with Gasteiger partial charge >= 0.3 is 0 Å². The largest absolute Gasteiger partial charge is 0.507 e. The summed E-state index contributed by atoms with van der Waals surface area (Å²) in [7, 11) is 3.08. The number of aliphatic hydroxyl groups is 1. The van der Waals surface area contributed by atoms with Crippen molar-refractivity contribution in [2.24, 2.45) is 0 Å². The highest BCUT2D eigenvalue weighted by Gasteiger charge is 2.46. The number of aromatic nitrogens is 2. The standard InChI is InChI=1S/C30H35N3O6/c1-4-5-6-17-39-24-12-11-21(19-25(24)38-3)27-26(28(34)22-9-7-10-23(18-22)37-2)29(35)30(36)33(27)15-8-14-32-16-13-31-20-32/h7,9-13,16,18-20,27,34H,4-6,8,14-15,17H2,1-3H3. The number of methoxy groups -OCH3 is 2. The Balaban J connectivity index is 1.72. The van der Waals surface area contributed by atoms with Gasteiger partial charge in [0.1, 0.15) is 11.5 Å². The van der Waals surface area contributed by atoms with Crippen LogP contribution in [0.3, 0.4) is 0 Å². The minimum Gasteiger partial charge on any atom is -0.507 e. The first kappa shape index (κ1) is 27.8. The fraction of sp³-hybridized carbons (Fsp3) is 0.367. The Morgan fingerprint density at radius 3 is 2.56 bits per heavy atom. The summed E-state index contributed by atoms with van der Waals surface area (Å²) in [5, 5.41) is 11.4. The van der Waals surface area contributed by atoms with E-state index in [4.69, 9.17) is 14.2 Å². The van der Waals surface area contributed by atoms with Gasteiger partial charge in [0.25, 0.3) is 11.7 Å². The first-order chi connectivity index (χ1) is 19.0. The molecule has 9 heteroatoms. The van der Waals surface area contributed by atoms with E-state index in [1.165, 1.54) is 12.0 Å². The monoisotopic (exact) mass is 533 g/mol. The summed E-state index contributed by atoms with van der Waals surface area (Å²) in [6.45, 7) is 3.62. The second-order valence-corrected chi connectivity index (χ2v) is 9.34. The molecular formula is C30H35N3O6. The van der Waals surface area contributed by atoms with Crippen LogP contribution in [0.2, 0.25) is 0 Å². The number of aryl methyl sites for hydroxylation is 1. The highest BCUT2D eigenvalue weighted by molar-refractivity contribution is 6.46. The number of hydrogen-bond donors (Lipinski definition) is 1. The van der Waals surface area contributed by atoms with Gasteiger partial charge in [0.2, 0.25) is 0 Å². The number of ether oxygens (including phenoxy) is 3. The molecule has 1 fully saturated rings. The smallest absolute Gasteiger partial charge is 0.295 e. The van der Waals surface area contributed by atoms with Crippen molar-refractivity contribution >= 4 is 17.4 Å². The molecule has 0 radical (unpaired) electrons. The minimum atomic E-state index is -0.804. The number of nitrogens with zero attached hydrogens (tertiary/aromatic N) is 3. The van der Waals surface area contributed by atoms with Crippen molar-refractivity contribution in [2.45, 2.75) is 45.2 Å². The number of benzene rings is 2. The summed E-state index contributed by atoms with van der Waals surface area (Å²) < 4.78 is 18.8. The number of likely N-dealkylation sites (tertiary alicyclic amines) is 1. The molecule has 39 heavy (non-hydrogen) atoms. The Labute approximate surface area is 228 Å². The molecule has 9 nitrogen and oxygen atoms in total. The van der Waals surface area contributed by atoms with Crippen LogP contribution in [0.1, 0.15) is 49.8 Å². The molecule has 1 saturated heterocycles. The van der Waals surface area contributed by atoms with Gasteiger partial charge in [-0.15, -0.1) is 0 Å². The predicted octanol–water partition coefficient (Wildman–Crippen LogP) is 4.98. The van der Waals surface area contributed by atoms with Crippen LogP contribution in [0.5, 0.6) is 17.2 Å². The zero-order chi connectivity index (χ0) is 27.8. The molecule has 0 saturated carbocycles. The molecule has 1 aliphatic rings. The van der Waals surface area contributed by atoms with E-state index < -0.39 is 17.7 Å². The molecule has 1 aromatic heterocycles. The van der Waals surface area contributed by atoms with Gasteiger partial charge in [-0.2, -0.15) is 0 Å². The van der Waals surface area contributed by atoms with Gasteiger partial charge in [0.15, 0.2) is 11.5 Å². The molecule has 3 aromatic rings. The third-order valence-corrected chi connectivity index (χ3v) is 6.77. The lowest BCUT2D eigenvalue weighted by Gasteiger charge is -2.26. The number of hydrogen-bond acceptors (Lipinski definition) is 7. The summed E-state index contributed by atoms with van der Waals surface area (Å²) in [6, 6.07) is 11.3. The molecule has 1 amide bonds. The highest BCUT2D eigenvalue weighted by atomic mass is 16.5. The number of Topliss-reactive ketones (excluding diaryl/α,β-unsaturated/α-hetero) is 1. The number of amides is 1. The maximum atomic E-state index is 13.4. The molecule has 2 aromatic carbocycles. The summed E-state index contributed by atoms with van der Waals surface area (Å²) in [4.78, 5) is 32.3. The van der Waals surface area contributed by atoms with Crippen molar-refractivity contribution in [3.8, 4) is 17.2 Å². The van der Waals surface area contributed by atoms with Crippen LogP contribution >= 0.6 is 0 Å². The van der Waals surface area contributed by atoms with Crippen molar-refractivity contribution in [2.75, 3.05) is 27.4 Å². The lowest BCUT2D eigenvalue weighted by atomic mass is 9.95. The van der Waals surface area contributed by atoms with E-state index in [0.717, 1.165) is 19.3 Å². The molecule has 0 aliphatic carbocycles. The van der Waals surface area contributed by atoms with E-state index in [1.54, 1.807) is 56.0 Å². The second-order valence-electron chi connectivity index (χ2n) is 9.34. The lowest BCUT2D eigenvalue weighted by Crippen LogP contribution is -2.31. The number of ketones is 1. The fourth-order valence-electron chi connectivity index (χ4n) is 4.73. The zero-order valence-corrected chi connectivity index (χ0v) is 22.6. The Morgan fingerprint density at radius 2 is 1.85 bits per heavy atom. The molecule has 2 heterocycles. The Hall–Kier alpha value is -4.27. The molecule has 206 valence electrons. The predicted molar refractivity (Wildman–Crippen MR) is 147 cm³/mol. The molecule has 1 atom stereocenters. The minimum absolute atomic E-state index is 0.0227. The normalized spacial score (nSPS) is 16.5. The molecular weight excluding hydrogens is 498 g/mol. The Bertz CT molecular complexity index is 1320. The number of carbonyl (C=O) groups excluding carboxylic acids is 2. The van der Waals surface area contributed by atoms with E-state index >= 15 is 0 Å². The average Bonchev–Trinajstić information content (AvgIpc) is 3.57. The molecule has 1 unspecified atom stereocenters. The van der Waals surface area contributed by atoms with E-state index in [2.05, 4.69) is 11.9 Å². The number of carbonyl (C=O) groups is 2. The van der Waals surface area contributed by atoms with Gasteiger partial charge < -0.3 is 28.8 Å². The fourth-order valence-corrected chi connectivity index (χ4v) is 4.73. The average molecular weight is 534 g/mol. The van der Waals surface area contributed by atoms with Crippen LogP contribution in [0, 0.1) is 0 Å². The summed E-state index contributed by atoms with van der Waals surface area (Å²) in [5.41, 5.74) is 1.05. The molecule has 0 bridgehead atoms. The van der Waals surface area contributed by atoms with Crippen molar-refractivity contribution in [1.82, 2.24) is 14.5 Å². The zero-order valence-electron chi connectivity index (χ0n) is 22.6. The second kappa shape index (κ2) is 13.0. The van der Waals surface area contributed by atoms with Crippen molar-refractivity contribution in [3.05, 3.63) is 77.9 Å². The Kier molecular flexibility index (Phi) is 9.25. The first-order valence-corrected chi connectivity index (χ1v) is 13.2. The van der Waals surface area contributed by atoms with Crippen LogP contribution in [-0.4, -0.2) is 58.6 Å². The van der Waals surface area contributed by atoms with Crippen molar-refractivity contribution in [1.29, 1.82) is 0 Å². The summed E-state index contributed by atoms with van der Waals surface area (Å²) >= 11 is 0. The summed E-state index contributed by atoms with van der Waals surface area (Å²) in [5.74, 6) is -0.0445. The Morgan fingerprint density at radius 1 is 1.00 bits per heavy atom.